The number of piperidine rings is 1. The lowest BCUT2D eigenvalue weighted by atomic mass is 9.83. The number of halogens is 2. The van der Waals surface area contributed by atoms with Gasteiger partial charge in [0.2, 0.25) is 0 Å². The maximum Gasteiger partial charge on any atom is 0.154 e. The summed E-state index contributed by atoms with van der Waals surface area (Å²) in [7, 11) is 0. The van der Waals surface area contributed by atoms with Gasteiger partial charge in [-0.2, -0.15) is 0 Å². The van der Waals surface area contributed by atoms with E-state index < -0.39 is 0 Å². The van der Waals surface area contributed by atoms with Crippen molar-refractivity contribution < 1.29 is 4.74 Å². The number of nitrogens with two attached hydrogens (primary N) is 1. The average molecular weight is 466 g/mol. The third-order valence-corrected chi connectivity index (χ3v) is 7.49. The molecule has 0 saturated carbocycles. The van der Waals surface area contributed by atoms with Crippen molar-refractivity contribution in [3.05, 3.63) is 76.7 Å². The first-order chi connectivity index (χ1) is 15.6. The van der Waals surface area contributed by atoms with E-state index in [9.17, 15) is 0 Å². The van der Waals surface area contributed by atoms with Gasteiger partial charge < -0.3 is 15.4 Å². The Kier molecular flexibility index (Phi) is 4.57. The molecule has 32 heavy (non-hydrogen) atoms. The minimum atomic E-state index is -0.356. The van der Waals surface area contributed by atoms with Crippen molar-refractivity contribution in [2.75, 3.05) is 18.0 Å². The maximum atomic E-state index is 6.63. The van der Waals surface area contributed by atoms with E-state index in [-0.39, 0.29) is 11.6 Å². The van der Waals surface area contributed by atoms with Crippen LogP contribution in [0.15, 0.2) is 61.1 Å². The van der Waals surface area contributed by atoms with Gasteiger partial charge in [0.25, 0.3) is 0 Å². The van der Waals surface area contributed by atoms with Gasteiger partial charge in [-0.3, -0.25) is 4.40 Å². The van der Waals surface area contributed by atoms with Gasteiger partial charge >= 0.3 is 0 Å². The second-order valence-corrected chi connectivity index (χ2v) is 9.14. The monoisotopic (exact) mass is 465 g/mol. The highest BCUT2D eigenvalue weighted by molar-refractivity contribution is 6.43. The van der Waals surface area contributed by atoms with E-state index in [1.54, 1.807) is 12.3 Å². The Balaban J connectivity index is 1.31. The predicted molar refractivity (Wildman–Crippen MR) is 127 cm³/mol. The smallest absolute Gasteiger partial charge is 0.154 e. The molecule has 2 aromatic carbocycles. The largest absolute Gasteiger partial charge is 0.485 e. The zero-order chi connectivity index (χ0) is 21.9. The fourth-order valence-electron chi connectivity index (χ4n) is 4.94. The number of benzene rings is 2. The molecule has 162 valence electrons. The molecule has 6 rings (SSSR count). The summed E-state index contributed by atoms with van der Waals surface area (Å²) in [6.45, 7) is 1.60. The van der Waals surface area contributed by atoms with Crippen LogP contribution in [0.25, 0.3) is 16.9 Å². The average Bonchev–Trinajstić information content (AvgIpc) is 3.36. The summed E-state index contributed by atoms with van der Waals surface area (Å²) >= 11 is 12.7. The Hall–Kier alpha value is -2.80. The molecule has 2 aromatic heterocycles. The molecule has 0 amide bonds. The third kappa shape index (κ3) is 2.90. The summed E-state index contributed by atoms with van der Waals surface area (Å²) in [5, 5.41) is 0.998. The molecule has 0 bridgehead atoms. The van der Waals surface area contributed by atoms with Crippen LogP contribution in [0.1, 0.15) is 24.4 Å². The molecule has 1 fully saturated rings. The summed E-state index contributed by atoms with van der Waals surface area (Å²) in [4.78, 5) is 11.6. The Morgan fingerprint density at radius 1 is 1.03 bits per heavy atom. The summed E-state index contributed by atoms with van der Waals surface area (Å²) in [5.41, 5.74) is 9.08. The predicted octanol–water partition coefficient (Wildman–Crippen LogP) is 5.13. The lowest BCUT2D eigenvalue weighted by Gasteiger charge is -2.41. The van der Waals surface area contributed by atoms with Crippen LogP contribution in [-0.2, 0) is 0 Å². The van der Waals surface area contributed by atoms with Gasteiger partial charge in [0.05, 0.1) is 22.3 Å². The van der Waals surface area contributed by atoms with E-state index in [1.165, 1.54) is 0 Å². The first-order valence-electron chi connectivity index (χ1n) is 10.6. The van der Waals surface area contributed by atoms with Crippen LogP contribution >= 0.6 is 23.2 Å². The lowest BCUT2D eigenvalue weighted by molar-refractivity contribution is 0.0431. The van der Waals surface area contributed by atoms with Crippen LogP contribution in [-0.4, -0.2) is 33.1 Å². The fourth-order valence-corrected chi connectivity index (χ4v) is 5.32. The maximum absolute atomic E-state index is 6.63. The molecular weight excluding hydrogens is 445 g/mol. The van der Waals surface area contributed by atoms with Crippen molar-refractivity contribution in [2.24, 2.45) is 5.73 Å². The van der Waals surface area contributed by atoms with E-state index >= 15 is 0 Å². The molecular formula is C24H21Cl2N5O. The van der Waals surface area contributed by atoms with E-state index in [1.807, 2.05) is 47.1 Å². The van der Waals surface area contributed by atoms with Gasteiger partial charge in [0.1, 0.15) is 22.7 Å². The van der Waals surface area contributed by atoms with E-state index in [4.69, 9.17) is 33.7 Å². The number of hydrogen-bond donors (Lipinski definition) is 1. The molecule has 0 radical (unpaired) electrons. The Labute approximate surface area is 195 Å². The number of rotatable bonds is 2. The second-order valence-electron chi connectivity index (χ2n) is 8.36. The van der Waals surface area contributed by atoms with Crippen molar-refractivity contribution >= 4 is 34.5 Å². The van der Waals surface area contributed by atoms with Gasteiger partial charge in [-0.25, -0.2) is 9.97 Å². The molecule has 2 N–H and O–H groups in total. The minimum Gasteiger partial charge on any atom is -0.485 e. The van der Waals surface area contributed by atoms with Crippen molar-refractivity contribution in [2.45, 2.75) is 24.5 Å². The number of para-hydroxylation sites is 1. The summed E-state index contributed by atoms with van der Waals surface area (Å²) in [6.07, 6.45) is 7.19. The molecule has 4 heterocycles. The van der Waals surface area contributed by atoms with Gasteiger partial charge in [0.15, 0.2) is 5.82 Å². The van der Waals surface area contributed by atoms with Gasteiger partial charge in [-0.05, 0) is 18.2 Å². The Bertz CT molecular complexity index is 1330. The van der Waals surface area contributed by atoms with Crippen LogP contribution < -0.4 is 15.4 Å². The first-order valence-corrected chi connectivity index (χ1v) is 11.4. The number of aromatic nitrogens is 3. The van der Waals surface area contributed by atoms with E-state index in [0.717, 1.165) is 60.0 Å². The fraction of sp³-hybridized carbons (Fsp3) is 0.250. The molecule has 0 unspecified atom stereocenters. The zero-order valence-corrected chi connectivity index (χ0v) is 18.7. The van der Waals surface area contributed by atoms with E-state index in [0.29, 0.717) is 10.0 Å². The Morgan fingerprint density at radius 2 is 1.84 bits per heavy atom. The van der Waals surface area contributed by atoms with Gasteiger partial charge in [0, 0.05) is 49.5 Å². The number of nitrogens with zero attached hydrogens (tertiary/aromatic N) is 4. The highest BCUT2D eigenvalue weighted by Gasteiger charge is 2.48. The molecule has 2 aliphatic heterocycles. The zero-order valence-electron chi connectivity index (χ0n) is 17.2. The molecule has 8 heteroatoms. The van der Waals surface area contributed by atoms with Crippen molar-refractivity contribution in [1.82, 2.24) is 14.4 Å². The minimum absolute atomic E-state index is 0.115. The molecule has 1 saturated heterocycles. The molecule has 0 aliphatic carbocycles. The Morgan fingerprint density at radius 3 is 2.66 bits per heavy atom. The van der Waals surface area contributed by atoms with Crippen molar-refractivity contribution in [3.8, 4) is 17.1 Å². The molecule has 1 atom stereocenters. The number of imidazole rings is 1. The SMILES string of the molecule is N[C@@H]1c2ccccc2OC12CCN(c1nccn3c(-c4cccc(Cl)c4Cl)ncc13)CC2. The summed E-state index contributed by atoms with van der Waals surface area (Å²) in [6, 6.07) is 13.5. The number of anilines is 1. The first kappa shape index (κ1) is 19.9. The number of fused-ring (bicyclic) bond motifs is 2. The van der Waals surface area contributed by atoms with Crippen molar-refractivity contribution in [3.63, 3.8) is 0 Å². The van der Waals surface area contributed by atoms with Crippen LogP contribution in [0, 0.1) is 0 Å². The van der Waals surface area contributed by atoms with E-state index in [2.05, 4.69) is 20.9 Å². The normalized spacial score (nSPS) is 19.3. The highest BCUT2D eigenvalue weighted by Crippen LogP contribution is 2.47. The number of ether oxygens (including phenoxy) is 1. The summed E-state index contributed by atoms with van der Waals surface area (Å²) in [5.74, 6) is 2.54. The van der Waals surface area contributed by atoms with Gasteiger partial charge in [-0.1, -0.05) is 47.5 Å². The van der Waals surface area contributed by atoms with Crippen LogP contribution in [0.2, 0.25) is 10.0 Å². The van der Waals surface area contributed by atoms with Crippen molar-refractivity contribution in [1.29, 1.82) is 0 Å². The molecule has 2 aliphatic rings. The van der Waals surface area contributed by atoms with Gasteiger partial charge in [-0.15, -0.1) is 0 Å². The third-order valence-electron chi connectivity index (χ3n) is 6.67. The lowest BCUT2D eigenvalue weighted by Crippen LogP contribution is -2.51. The van der Waals surface area contributed by atoms with Crippen LogP contribution in [0.4, 0.5) is 5.82 Å². The highest BCUT2D eigenvalue weighted by atomic mass is 35.5. The molecule has 1 spiro atoms. The number of hydrogen-bond acceptors (Lipinski definition) is 5. The quantitative estimate of drug-likeness (QED) is 0.444. The molecule has 6 nitrogen and oxygen atoms in total. The molecule has 4 aromatic rings. The topological polar surface area (TPSA) is 68.7 Å². The van der Waals surface area contributed by atoms with Crippen LogP contribution in [0.3, 0.4) is 0 Å². The summed E-state index contributed by atoms with van der Waals surface area (Å²) < 4.78 is 8.40. The van der Waals surface area contributed by atoms with Crippen LogP contribution in [0.5, 0.6) is 5.75 Å². The second kappa shape index (κ2) is 7.37. The standard InChI is InChI=1S/C24H21Cl2N5O/c25-17-6-3-5-16(20(17)26)22-29-14-18-23(28-10-13-31(18)22)30-11-8-24(9-12-30)21(27)15-4-1-2-7-19(15)32-24/h1-7,10,13-14,21H,8-9,11-12,27H2/t21-/m1/s1.